The minimum atomic E-state index is -0.0766. The van der Waals surface area contributed by atoms with Crippen LogP contribution in [0.25, 0.3) is 11.3 Å². The zero-order valence-electron chi connectivity index (χ0n) is 12.1. The van der Waals surface area contributed by atoms with Gasteiger partial charge in [-0.3, -0.25) is 10.1 Å². The SMILES string of the molecule is OC1CCC(CNCc2cn[nH]c2-c2cccnc2)CC1. The number of nitrogens with one attached hydrogen (secondary N) is 2. The van der Waals surface area contributed by atoms with Crippen LogP contribution in [0, 0.1) is 5.92 Å². The number of aromatic nitrogens is 3. The number of hydrogen-bond acceptors (Lipinski definition) is 4. The summed E-state index contributed by atoms with van der Waals surface area (Å²) in [5.41, 5.74) is 3.26. The Morgan fingerprint density at radius 2 is 2.10 bits per heavy atom. The van der Waals surface area contributed by atoms with Crippen molar-refractivity contribution < 1.29 is 5.11 Å². The van der Waals surface area contributed by atoms with Crippen molar-refractivity contribution in [2.45, 2.75) is 38.3 Å². The van der Waals surface area contributed by atoms with Crippen LogP contribution < -0.4 is 5.32 Å². The van der Waals surface area contributed by atoms with Crippen molar-refractivity contribution >= 4 is 0 Å². The summed E-state index contributed by atoms with van der Waals surface area (Å²) in [6.07, 6.45) is 9.55. The highest BCUT2D eigenvalue weighted by Crippen LogP contribution is 2.24. The molecule has 3 rings (SSSR count). The van der Waals surface area contributed by atoms with Gasteiger partial charge in [0.25, 0.3) is 0 Å². The van der Waals surface area contributed by atoms with Crippen LogP contribution in [-0.4, -0.2) is 32.9 Å². The van der Waals surface area contributed by atoms with Gasteiger partial charge in [-0.2, -0.15) is 5.10 Å². The predicted molar refractivity (Wildman–Crippen MR) is 81.5 cm³/mol. The molecule has 0 bridgehead atoms. The van der Waals surface area contributed by atoms with Gasteiger partial charge in [0, 0.05) is 30.1 Å². The molecule has 1 fully saturated rings. The average Bonchev–Trinajstić information content (AvgIpc) is 2.99. The predicted octanol–water partition coefficient (Wildman–Crippen LogP) is 2.11. The lowest BCUT2D eigenvalue weighted by Crippen LogP contribution is -2.27. The fourth-order valence-corrected chi connectivity index (χ4v) is 2.97. The molecule has 2 aromatic rings. The molecule has 0 spiro atoms. The third-order valence-electron chi connectivity index (χ3n) is 4.23. The van der Waals surface area contributed by atoms with E-state index in [1.807, 2.05) is 24.5 Å². The van der Waals surface area contributed by atoms with E-state index in [4.69, 9.17) is 0 Å². The van der Waals surface area contributed by atoms with Crippen LogP contribution >= 0.6 is 0 Å². The third kappa shape index (κ3) is 3.68. The van der Waals surface area contributed by atoms with Gasteiger partial charge in [-0.05, 0) is 50.3 Å². The maximum atomic E-state index is 9.53. The highest BCUT2D eigenvalue weighted by molar-refractivity contribution is 5.61. The highest BCUT2D eigenvalue weighted by Gasteiger charge is 2.19. The van der Waals surface area contributed by atoms with Gasteiger partial charge in [0.05, 0.1) is 18.0 Å². The first-order valence-electron chi connectivity index (χ1n) is 7.64. The van der Waals surface area contributed by atoms with Crippen molar-refractivity contribution in [3.05, 3.63) is 36.3 Å². The summed E-state index contributed by atoms with van der Waals surface area (Å²) >= 11 is 0. The van der Waals surface area contributed by atoms with Crippen molar-refractivity contribution in [3.63, 3.8) is 0 Å². The second-order valence-electron chi connectivity index (χ2n) is 5.82. The molecule has 1 saturated carbocycles. The number of hydrogen-bond donors (Lipinski definition) is 3. The lowest BCUT2D eigenvalue weighted by atomic mass is 9.87. The smallest absolute Gasteiger partial charge is 0.0710 e. The molecule has 0 radical (unpaired) electrons. The molecule has 1 aliphatic rings. The van der Waals surface area contributed by atoms with E-state index in [-0.39, 0.29) is 6.10 Å². The fraction of sp³-hybridized carbons (Fsp3) is 0.500. The minimum absolute atomic E-state index is 0.0766. The standard InChI is InChI=1S/C16H22N4O/c21-15-5-3-12(4-6-15)8-18-10-14-11-19-20-16(14)13-2-1-7-17-9-13/h1-2,7,9,11-12,15,18,21H,3-6,8,10H2,(H,19,20). The van der Waals surface area contributed by atoms with Crippen molar-refractivity contribution in [3.8, 4) is 11.3 Å². The highest BCUT2D eigenvalue weighted by atomic mass is 16.3. The van der Waals surface area contributed by atoms with Crippen LogP contribution in [0.3, 0.4) is 0 Å². The molecule has 0 unspecified atom stereocenters. The summed E-state index contributed by atoms with van der Waals surface area (Å²) in [5.74, 6) is 0.683. The first-order chi connectivity index (χ1) is 10.3. The summed E-state index contributed by atoms with van der Waals surface area (Å²) in [7, 11) is 0. The molecule has 112 valence electrons. The Bertz CT molecular complexity index is 546. The Labute approximate surface area is 124 Å². The monoisotopic (exact) mass is 286 g/mol. The van der Waals surface area contributed by atoms with Crippen molar-refractivity contribution in [1.29, 1.82) is 0 Å². The Morgan fingerprint density at radius 1 is 1.24 bits per heavy atom. The molecule has 0 aromatic carbocycles. The molecule has 3 N–H and O–H groups in total. The van der Waals surface area contributed by atoms with Crippen molar-refractivity contribution in [1.82, 2.24) is 20.5 Å². The Hall–Kier alpha value is -1.72. The van der Waals surface area contributed by atoms with Gasteiger partial charge >= 0.3 is 0 Å². The van der Waals surface area contributed by atoms with E-state index in [1.54, 1.807) is 6.20 Å². The summed E-state index contributed by atoms with van der Waals surface area (Å²) < 4.78 is 0. The van der Waals surface area contributed by atoms with E-state index >= 15 is 0 Å². The maximum absolute atomic E-state index is 9.53. The summed E-state index contributed by atoms with van der Waals surface area (Å²) in [5, 5.41) is 20.2. The van der Waals surface area contributed by atoms with Gasteiger partial charge in [0.15, 0.2) is 0 Å². The molecule has 1 aliphatic carbocycles. The van der Waals surface area contributed by atoms with E-state index in [1.165, 1.54) is 5.56 Å². The van der Waals surface area contributed by atoms with E-state index in [9.17, 15) is 5.11 Å². The van der Waals surface area contributed by atoms with Crippen LogP contribution in [0.1, 0.15) is 31.2 Å². The van der Waals surface area contributed by atoms with E-state index in [0.717, 1.165) is 50.0 Å². The topological polar surface area (TPSA) is 73.8 Å². The number of H-pyrrole nitrogens is 1. The number of nitrogens with zero attached hydrogens (tertiary/aromatic N) is 2. The molecular formula is C16H22N4O. The van der Waals surface area contributed by atoms with Crippen LogP contribution in [0.5, 0.6) is 0 Å². The van der Waals surface area contributed by atoms with Gasteiger partial charge in [0.2, 0.25) is 0 Å². The van der Waals surface area contributed by atoms with Crippen molar-refractivity contribution in [2.75, 3.05) is 6.54 Å². The van der Waals surface area contributed by atoms with Gasteiger partial charge in [-0.15, -0.1) is 0 Å². The van der Waals surface area contributed by atoms with Crippen LogP contribution in [0.2, 0.25) is 0 Å². The lowest BCUT2D eigenvalue weighted by Gasteiger charge is -2.25. The van der Waals surface area contributed by atoms with E-state index in [2.05, 4.69) is 20.5 Å². The third-order valence-corrected chi connectivity index (χ3v) is 4.23. The second kappa shape index (κ2) is 6.83. The van der Waals surface area contributed by atoms with Gasteiger partial charge in [-0.1, -0.05) is 0 Å². The zero-order chi connectivity index (χ0) is 14.5. The molecule has 0 saturated heterocycles. The lowest BCUT2D eigenvalue weighted by molar-refractivity contribution is 0.108. The average molecular weight is 286 g/mol. The van der Waals surface area contributed by atoms with Crippen molar-refractivity contribution in [2.24, 2.45) is 5.92 Å². The molecular weight excluding hydrogens is 264 g/mol. The normalized spacial score (nSPS) is 22.3. The largest absolute Gasteiger partial charge is 0.393 e. The summed E-state index contributed by atoms with van der Waals surface area (Å²) in [4.78, 5) is 4.15. The molecule has 2 heterocycles. The first kappa shape index (κ1) is 14.2. The number of aromatic amines is 1. The van der Waals surface area contributed by atoms with Crippen LogP contribution in [0.4, 0.5) is 0 Å². The molecule has 0 aliphatic heterocycles. The minimum Gasteiger partial charge on any atom is -0.393 e. The summed E-state index contributed by atoms with van der Waals surface area (Å²) in [6.45, 7) is 1.81. The number of aliphatic hydroxyl groups excluding tert-OH is 1. The van der Waals surface area contributed by atoms with Gasteiger partial charge in [0.1, 0.15) is 0 Å². The molecule has 5 heteroatoms. The fourth-order valence-electron chi connectivity index (χ4n) is 2.97. The van der Waals surface area contributed by atoms with Gasteiger partial charge < -0.3 is 10.4 Å². The van der Waals surface area contributed by atoms with Crippen LogP contribution in [0.15, 0.2) is 30.7 Å². The van der Waals surface area contributed by atoms with Gasteiger partial charge in [-0.25, -0.2) is 0 Å². The molecule has 21 heavy (non-hydrogen) atoms. The number of pyridine rings is 1. The first-order valence-corrected chi connectivity index (χ1v) is 7.64. The Balaban J connectivity index is 1.53. The quantitative estimate of drug-likeness (QED) is 0.787. The second-order valence-corrected chi connectivity index (χ2v) is 5.82. The number of aliphatic hydroxyl groups is 1. The molecule has 2 aromatic heterocycles. The summed E-state index contributed by atoms with van der Waals surface area (Å²) in [6, 6.07) is 3.97. The zero-order valence-corrected chi connectivity index (χ0v) is 12.1. The van der Waals surface area contributed by atoms with Crippen LogP contribution in [-0.2, 0) is 6.54 Å². The molecule has 5 nitrogen and oxygen atoms in total. The Kier molecular flexibility index (Phi) is 4.62. The van der Waals surface area contributed by atoms with E-state index < -0.39 is 0 Å². The van der Waals surface area contributed by atoms with E-state index in [0.29, 0.717) is 5.92 Å². The maximum Gasteiger partial charge on any atom is 0.0710 e. The molecule has 0 amide bonds. The molecule has 0 atom stereocenters. The Morgan fingerprint density at radius 3 is 2.86 bits per heavy atom. The number of rotatable bonds is 5.